The fourth-order valence-electron chi connectivity index (χ4n) is 2.51. The molecule has 5 nitrogen and oxygen atoms in total. The van der Waals surface area contributed by atoms with E-state index in [2.05, 4.69) is 5.32 Å². The number of nitrogens with one attached hydrogen (secondary N) is 1. The first kappa shape index (κ1) is 19.8. The maximum Gasteiger partial charge on any atom is 0.495 e. The van der Waals surface area contributed by atoms with Gasteiger partial charge in [0.2, 0.25) is 0 Å². The summed E-state index contributed by atoms with van der Waals surface area (Å²) in [5, 5.41) is 2.78. The van der Waals surface area contributed by atoms with E-state index in [1.165, 1.54) is 0 Å². The molecule has 1 aliphatic rings. The van der Waals surface area contributed by atoms with Crippen LogP contribution >= 0.6 is 0 Å². The van der Waals surface area contributed by atoms with Crippen LogP contribution in [-0.4, -0.2) is 30.0 Å². The lowest BCUT2D eigenvalue weighted by molar-refractivity contribution is 0.00578. The molecular formula is C19H30BNO4. The van der Waals surface area contributed by atoms with E-state index in [4.69, 9.17) is 14.0 Å². The molecule has 1 aromatic rings. The molecule has 0 atom stereocenters. The number of aryl methyl sites for hydroxylation is 1. The van der Waals surface area contributed by atoms with Gasteiger partial charge < -0.3 is 19.4 Å². The maximum atomic E-state index is 11.8. The molecule has 1 amide bonds. The standard InChI is InChI=1S/C19H30BNO4/c1-13-9-10-14(12-21-16(22)23-17(2,3)4)11-15(13)20-24-18(5,6)19(7,8)25-20/h9-11H,12H2,1-8H3,(H,21,22). The lowest BCUT2D eigenvalue weighted by atomic mass is 9.75. The fraction of sp³-hybridized carbons (Fsp3) is 0.632. The molecule has 0 aromatic heterocycles. The van der Waals surface area contributed by atoms with Crippen LogP contribution in [0.1, 0.15) is 59.6 Å². The third-order valence-electron chi connectivity index (χ3n) is 4.69. The van der Waals surface area contributed by atoms with Gasteiger partial charge in [-0.15, -0.1) is 0 Å². The Balaban J connectivity index is 2.10. The second-order valence-electron chi connectivity index (χ2n) is 8.63. The molecule has 0 aliphatic carbocycles. The number of benzene rings is 1. The Morgan fingerprint density at radius 2 is 1.72 bits per heavy atom. The van der Waals surface area contributed by atoms with Gasteiger partial charge in [0.1, 0.15) is 5.60 Å². The van der Waals surface area contributed by atoms with E-state index < -0.39 is 18.8 Å². The molecule has 25 heavy (non-hydrogen) atoms. The van der Waals surface area contributed by atoms with Crippen molar-refractivity contribution < 1.29 is 18.8 Å². The average Bonchev–Trinajstić information content (AvgIpc) is 2.64. The van der Waals surface area contributed by atoms with Gasteiger partial charge in [-0.05, 0) is 66.4 Å². The third-order valence-corrected chi connectivity index (χ3v) is 4.69. The Morgan fingerprint density at radius 3 is 2.24 bits per heavy atom. The zero-order valence-electron chi connectivity index (χ0n) is 16.6. The van der Waals surface area contributed by atoms with E-state index in [0.29, 0.717) is 6.54 Å². The lowest BCUT2D eigenvalue weighted by Crippen LogP contribution is -2.41. The predicted molar refractivity (Wildman–Crippen MR) is 100.0 cm³/mol. The smallest absolute Gasteiger partial charge is 0.444 e. The first-order valence-corrected chi connectivity index (χ1v) is 8.73. The van der Waals surface area contributed by atoms with Gasteiger partial charge >= 0.3 is 13.2 Å². The van der Waals surface area contributed by atoms with Gasteiger partial charge in [-0.3, -0.25) is 0 Å². The molecule has 0 saturated carbocycles. The zero-order chi connectivity index (χ0) is 19.0. The fourth-order valence-corrected chi connectivity index (χ4v) is 2.51. The highest BCUT2D eigenvalue weighted by Crippen LogP contribution is 2.36. The summed E-state index contributed by atoms with van der Waals surface area (Å²) in [7, 11) is -0.411. The minimum atomic E-state index is -0.509. The van der Waals surface area contributed by atoms with E-state index in [1.807, 2.05) is 73.6 Å². The van der Waals surface area contributed by atoms with Crippen molar-refractivity contribution in [2.24, 2.45) is 0 Å². The third kappa shape index (κ3) is 4.76. The van der Waals surface area contributed by atoms with Crippen LogP contribution in [0.5, 0.6) is 0 Å². The molecule has 1 heterocycles. The molecule has 0 unspecified atom stereocenters. The molecule has 6 heteroatoms. The van der Waals surface area contributed by atoms with Crippen molar-refractivity contribution in [1.29, 1.82) is 0 Å². The van der Waals surface area contributed by atoms with Crippen molar-refractivity contribution in [3.05, 3.63) is 29.3 Å². The summed E-state index contributed by atoms with van der Waals surface area (Å²) in [6.45, 7) is 16.1. The van der Waals surface area contributed by atoms with Gasteiger partial charge in [-0.1, -0.05) is 23.8 Å². The van der Waals surface area contributed by atoms with Crippen LogP contribution in [0.2, 0.25) is 0 Å². The monoisotopic (exact) mass is 347 g/mol. The Kier molecular flexibility index (Phi) is 5.27. The Bertz CT molecular complexity index is 633. The molecule has 1 N–H and O–H groups in total. The second-order valence-corrected chi connectivity index (χ2v) is 8.63. The number of carbonyl (C=O) groups excluding carboxylic acids is 1. The van der Waals surface area contributed by atoms with Crippen molar-refractivity contribution in [3.8, 4) is 0 Å². The number of amides is 1. The zero-order valence-corrected chi connectivity index (χ0v) is 16.6. The topological polar surface area (TPSA) is 56.8 Å². The van der Waals surface area contributed by atoms with Gasteiger partial charge in [0.15, 0.2) is 0 Å². The molecule has 0 bridgehead atoms. The number of alkyl carbamates (subject to hydrolysis) is 1. The van der Waals surface area contributed by atoms with E-state index in [0.717, 1.165) is 16.6 Å². The molecule has 0 radical (unpaired) electrons. The van der Waals surface area contributed by atoms with Gasteiger partial charge in [0.05, 0.1) is 11.2 Å². The summed E-state index contributed by atoms with van der Waals surface area (Å²) in [4.78, 5) is 11.8. The van der Waals surface area contributed by atoms with Crippen LogP contribution in [0.3, 0.4) is 0 Å². The first-order chi connectivity index (χ1) is 11.3. The SMILES string of the molecule is Cc1ccc(CNC(=O)OC(C)(C)C)cc1B1OC(C)(C)C(C)(C)O1. The van der Waals surface area contributed by atoms with Crippen molar-refractivity contribution in [2.75, 3.05) is 0 Å². The summed E-state index contributed by atoms with van der Waals surface area (Å²) in [5.41, 5.74) is 1.79. The van der Waals surface area contributed by atoms with Crippen LogP contribution in [0, 0.1) is 6.92 Å². The number of hydrogen-bond acceptors (Lipinski definition) is 4. The van der Waals surface area contributed by atoms with E-state index in [9.17, 15) is 4.79 Å². The quantitative estimate of drug-likeness (QED) is 0.853. The molecule has 0 spiro atoms. The molecule has 1 fully saturated rings. The number of carbonyl (C=O) groups is 1. The highest BCUT2D eigenvalue weighted by molar-refractivity contribution is 6.62. The minimum absolute atomic E-state index is 0.380. The Hall–Kier alpha value is -1.53. The number of rotatable bonds is 3. The van der Waals surface area contributed by atoms with Crippen LogP contribution < -0.4 is 10.8 Å². The lowest BCUT2D eigenvalue weighted by Gasteiger charge is -2.32. The number of ether oxygens (including phenoxy) is 1. The first-order valence-electron chi connectivity index (χ1n) is 8.73. The molecule has 1 saturated heterocycles. The van der Waals surface area contributed by atoms with Gasteiger partial charge in [-0.25, -0.2) is 4.79 Å². The number of hydrogen-bond donors (Lipinski definition) is 1. The largest absolute Gasteiger partial charge is 0.495 e. The maximum absolute atomic E-state index is 11.8. The molecule has 1 aromatic carbocycles. The van der Waals surface area contributed by atoms with E-state index in [-0.39, 0.29) is 11.2 Å². The summed E-state index contributed by atoms with van der Waals surface area (Å²) in [5.74, 6) is 0. The van der Waals surface area contributed by atoms with E-state index >= 15 is 0 Å². The highest BCUT2D eigenvalue weighted by Gasteiger charge is 2.52. The van der Waals surface area contributed by atoms with Gasteiger partial charge in [-0.2, -0.15) is 0 Å². The summed E-state index contributed by atoms with van der Waals surface area (Å²) >= 11 is 0. The van der Waals surface area contributed by atoms with Crippen molar-refractivity contribution >= 4 is 18.7 Å². The molecular weight excluding hydrogens is 317 g/mol. The van der Waals surface area contributed by atoms with Crippen LogP contribution in [0.4, 0.5) is 4.79 Å². The molecule has 2 rings (SSSR count). The minimum Gasteiger partial charge on any atom is -0.444 e. The van der Waals surface area contributed by atoms with Crippen molar-refractivity contribution in [1.82, 2.24) is 5.32 Å². The normalized spacial score (nSPS) is 19.0. The highest BCUT2D eigenvalue weighted by atomic mass is 16.7. The van der Waals surface area contributed by atoms with Crippen LogP contribution in [0.25, 0.3) is 0 Å². The van der Waals surface area contributed by atoms with Crippen LogP contribution in [-0.2, 0) is 20.6 Å². The molecule has 1 aliphatic heterocycles. The van der Waals surface area contributed by atoms with Gasteiger partial charge in [0.25, 0.3) is 0 Å². The van der Waals surface area contributed by atoms with Gasteiger partial charge in [0, 0.05) is 6.54 Å². The summed E-state index contributed by atoms with van der Waals surface area (Å²) in [6, 6.07) is 6.03. The van der Waals surface area contributed by atoms with E-state index in [1.54, 1.807) is 0 Å². The summed E-state index contributed by atoms with van der Waals surface area (Å²) < 4.78 is 17.6. The molecule has 138 valence electrons. The Labute approximate surface area is 151 Å². The van der Waals surface area contributed by atoms with Crippen molar-refractivity contribution in [3.63, 3.8) is 0 Å². The average molecular weight is 347 g/mol. The Morgan fingerprint density at radius 1 is 1.16 bits per heavy atom. The summed E-state index contributed by atoms with van der Waals surface area (Å²) in [6.07, 6.45) is -0.426. The van der Waals surface area contributed by atoms with Crippen LogP contribution in [0.15, 0.2) is 18.2 Å². The van der Waals surface area contributed by atoms with Crippen molar-refractivity contribution in [2.45, 2.75) is 78.7 Å². The second kappa shape index (κ2) is 6.65. The predicted octanol–water partition coefficient (Wildman–Crippen LogP) is 3.32.